The summed E-state index contributed by atoms with van der Waals surface area (Å²) >= 11 is 11.8. The van der Waals surface area contributed by atoms with Gasteiger partial charge in [-0.25, -0.2) is 48.7 Å². The molecule has 6 amide bonds. The average molecular weight is 1070 g/mol. The molecule has 74 heavy (non-hydrogen) atoms. The van der Waals surface area contributed by atoms with E-state index in [0.717, 1.165) is 27.5 Å². The van der Waals surface area contributed by atoms with Gasteiger partial charge in [-0.15, -0.1) is 0 Å². The number of esters is 2. The third-order valence-corrected chi connectivity index (χ3v) is 11.2. The van der Waals surface area contributed by atoms with E-state index in [1.165, 1.54) is 38.5 Å². The molecule has 5 aliphatic rings. The van der Waals surface area contributed by atoms with Crippen LogP contribution in [-0.4, -0.2) is 147 Å². The van der Waals surface area contributed by atoms with Crippen molar-refractivity contribution in [2.75, 3.05) is 46.9 Å². The van der Waals surface area contributed by atoms with Gasteiger partial charge in [0.1, 0.15) is 38.8 Å². The van der Waals surface area contributed by atoms with Gasteiger partial charge in [-0.05, 0) is 110 Å². The number of nitrogens with zero attached hydrogens (tertiary/aromatic N) is 6. The quantitative estimate of drug-likeness (QED) is 0.0844. The van der Waals surface area contributed by atoms with Crippen LogP contribution < -0.4 is 10.6 Å². The fraction of sp³-hybridized carbons (Fsp3) is 0.471. The predicted octanol–water partition coefficient (Wildman–Crippen LogP) is 7.23. The highest BCUT2D eigenvalue weighted by atomic mass is 35.5. The summed E-state index contributed by atoms with van der Waals surface area (Å²) in [6, 6.07) is 9.10. The van der Waals surface area contributed by atoms with Gasteiger partial charge in [0.2, 0.25) is 0 Å². The third kappa shape index (κ3) is 15.9. The Hall–Kier alpha value is -7.13. The molecule has 0 aliphatic carbocycles. The molecule has 3 aromatic rings. The van der Waals surface area contributed by atoms with Crippen molar-refractivity contribution in [3.8, 4) is 0 Å². The number of amides is 6. The normalized spacial score (nSPS) is 16.7. The summed E-state index contributed by atoms with van der Waals surface area (Å²) in [5, 5.41) is 6.26. The third-order valence-electron chi connectivity index (χ3n) is 10.7. The zero-order valence-corrected chi connectivity index (χ0v) is 44.8. The number of carbonyl (C=O) groups is 8. The van der Waals surface area contributed by atoms with Crippen molar-refractivity contribution in [3.63, 3.8) is 0 Å². The second-order valence-electron chi connectivity index (χ2n) is 19.9. The fourth-order valence-electron chi connectivity index (χ4n) is 7.39. The van der Waals surface area contributed by atoms with Crippen LogP contribution >= 0.6 is 23.2 Å². The van der Waals surface area contributed by atoms with Crippen molar-refractivity contribution >= 4 is 71.1 Å². The van der Waals surface area contributed by atoms with Gasteiger partial charge in [-0.3, -0.25) is 14.4 Å². The molecule has 0 saturated carbocycles. The van der Waals surface area contributed by atoms with Crippen LogP contribution in [0.5, 0.6) is 0 Å². The minimum atomic E-state index is -0.680. The Bertz CT molecular complexity index is 2740. The standard InChI is InChI=1S/C15H18N2O5.C13H15ClN2O3.C13H19ClN2O2.C10H10N2O3/c1-15(2,3)22-14(20)17-8-7-10-9(12(17)18)5-6-11(16-10)13(19)21-4;1-13(2,3)19-12(18)16-7-6-9-8(11(16)17)4-5-10(14)15-9;1-13(2,3)18-12(17)16-7-6-10-9(8-16)4-5-11(14)15-10;1-15-10(14)8-3-2-6-7(12-8)4-5-11-9(6)13/h5-6H,7-8H2,1-4H3;4-5H,6-7H2,1-3H3;4-5,11,15H,6-8H2,1-3H3;2-3H,4-5H2,1H3,(H,11,13). The van der Waals surface area contributed by atoms with Crippen LogP contribution in [0.3, 0.4) is 0 Å². The number of imide groups is 2. The first kappa shape index (κ1) is 57.8. The molecule has 1 unspecified atom stereocenters. The van der Waals surface area contributed by atoms with Gasteiger partial charge in [0.25, 0.3) is 17.7 Å². The monoisotopic (exact) mass is 1060 g/mol. The summed E-state index contributed by atoms with van der Waals surface area (Å²) in [4.78, 5) is 111. The van der Waals surface area contributed by atoms with Crippen molar-refractivity contribution in [1.29, 1.82) is 0 Å². The number of hydrogen-bond donors (Lipinski definition) is 2. The Kier molecular flexibility index (Phi) is 18.9. The summed E-state index contributed by atoms with van der Waals surface area (Å²) in [5.74, 6) is -2.05. The maximum absolute atomic E-state index is 12.4. The van der Waals surface area contributed by atoms with E-state index >= 15 is 0 Å². The lowest BCUT2D eigenvalue weighted by Gasteiger charge is -2.34. The molecule has 398 valence electrons. The molecule has 0 fully saturated rings. The SMILES string of the molecule is CC(C)(C)OC(=O)N1CCC2=C(C=CC(Cl)N2)C1.CC(C)(C)OC(=O)N1CCc2nc(Cl)ccc2C1=O.COC(=O)c1ccc2c(n1)CCN(C(=O)OC(C)(C)C)C2=O.COC(=O)c1ccc2c(n1)CCNC2=O. The molecular weight excluding hydrogens is 1000 g/mol. The molecule has 3 aromatic heterocycles. The lowest BCUT2D eigenvalue weighted by Crippen LogP contribution is -2.45. The highest BCUT2D eigenvalue weighted by Crippen LogP contribution is 2.25. The number of halogens is 2. The molecule has 0 radical (unpaired) electrons. The molecule has 0 saturated heterocycles. The van der Waals surface area contributed by atoms with Crippen molar-refractivity contribution in [3.05, 3.63) is 110 Å². The summed E-state index contributed by atoms with van der Waals surface area (Å²) in [6.07, 6.45) is 4.60. The highest BCUT2D eigenvalue weighted by molar-refractivity contribution is 6.29. The summed E-state index contributed by atoms with van der Waals surface area (Å²) in [6.45, 7) is 18.3. The van der Waals surface area contributed by atoms with Crippen molar-refractivity contribution < 1.29 is 62.0 Å². The minimum Gasteiger partial charge on any atom is -0.464 e. The number of ether oxygens (including phenoxy) is 5. The van der Waals surface area contributed by atoms with E-state index in [9.17, 15) is 38.4 Å². The van der Waals surface area contributed by atoms with Crippen molar-refractivity contribution in [2.45, 2.75) is 110 Å². The molecular formula is C51H62Cl2N8O13. The Morgan fingerprint density at radius 2 is 1.07 bits per heavy atom. The first-order chi connectivity index (χ1) is 34.6. The van der Waals surface area contributed by atoms with Crippen LogP contribution in [0.2, 0.25) is 5.15 Å². The van der Waals surface area contributed by atoms with Crippen LogP contribution in [0.1, 0.15) is 138 Å². The molecule has 8 rings (SSSR count). The van der Waals surface area contributed by atoms with Gasteiger partial charge in [-0.1, -0.05) is 29.3 Å². The first-order valence-electron chi connectivity index (χ1n) is 23.6. The molecule has 2 N–H and O–H groups in total. The number of hydrogen-bond acceptors (Lipinski definition) is 17. The first-order valence-corrected chi connectivity index (χ1v) is 24.4. The molecule has 21 nitrogen and oxygen atoms in total. The van der Waals surface area contributed by atoms with Crippen LogP contribution in [0.15, 0.2) is 59.8 Å². The summed E-state index contributed by atoms with van der Waals surface area (Å²) in [7, 11) is 2.56. The Morgan fingerprint density at radius 1 is 0.608 bits per heavy atom. The minimum absolute atomic E-state index is 0.139. The van der Waals surface area contributed by atoms with E-state index < -0.39 is 46.8 Å². The van der Waals surface area contributed by atoms with Gasteiger partial charge in [-0.2, -0.15) is 0 Å². The number of rotatable bonds is 2. The number of nitrogens with one attached hydrogen (secondary N) is 2. The fourth-order valence-corrected chi connectivity index (χ4v) is 7.76. The molecule has 0 spiro atoms. The number of aromatic nitrogens is 3. The Labute approximate surface area is 439 Å². The molecule has 0 bridgehead atoms. The molecule has 23 heteroatoms. The Balaban J connectivity index is 0.000000184. The summed E-state index contributed by atoms with van der Waals surface area (Å²) < 4.78 is 24.9. The van der Waals surface area contributed by atoms with Crippen LogP contribution in [-0.2, 0) is 42.9 Å². The van der Waals surface area contributed by atoms with Gasteiger partial charge < -0.3 is 39.2 Å². The number of fused-ring (bicyclic) bond motifs is 3. The van der Waals surface area contributed by atoms with Gasteiger partial charge in [0.15, 0.2) is 0 Å². The lowest BCUT2D eigenvalue weighted by molar-refractivity contribution is 0.0215. The number of pyridine rings is 3. The van der Waals surface area contributed by atoms with E-state index in [2.05, 4.69) is 35.1 Å². The number of alkyl halides is 1. The van der Waals surface area contributed by atoms with Gasteiger partial charge in [0.05, 0.1) is 54.5 Å². The molecule has 8 heterocycles. The maximum Gasteiger partial charge on any atom is 0.417 e. The lowest BCUT2D eigenvalue weighted by atomic mass is 10.0. The molecule has 5 aliphatic heterocycles. The predicted molar refractivity (Wildman–Crippen MR) is 270 cm³/mol. The number of carbonyl (C=O) groups excluding carboxylic acids is 8. The van der Waals surface area contributed by atoms with E-state index in [-0.39, 0.29) is 47.9 Å². The maximum atomic E-state index is 12.4. The zero-order chi connectivity index (χ0) is 54.9. The van der Waals surface area contributed by atoms with Crippen LogP contribution in [0, 0.1) is 0 Å². The van der Waals surface area contributed by atoms with E-state index in [0.29, 0.717) is 77.8 Å². The van der Waals surface area contributed by atoms with Gasteiger partial charge >= 0.3 is 30.2 Å². The second kappa shape index (κ2) is 24.3. The zero-order valence-electron chi connectivity index (χ0n) is 43.3. The van der Waals surface area contributed by atoms with Crippen molar-refractivity contribution in [1.82, 2.24) is 40.3 Å². The van der Waals surface area contributed by atoms with Gasteiger partial charge in [0, 0.05) is 57.6 Å². The Morgan fingerprint density at radius 3 is 1.57 bits per heavy atom. The molecule has 0 aromatic carbocycles. The second-order valence-corrected chi connectivity index (χ2v) is 20.8. The largest absolute Gasteiger partial charge is 0.464 e. The number of methoxy groups -OCH3 is 2. The smallest absolute Gasteiger partial charge is 0.417 e. The summed E-state index contributed by atoms with van der Waals surface area (Å²) in [5.41, 5.74) is 3.73. The van der Waals surface area contributed by atoms with E-state index in [1.54, 1.807) is 58.6 Å². The van der Waals surface area contributed by atoms with E-state index in [4.69, 9.17) is 37.4 Å². The molecule has 1 atom stereocenters. The van der Waals surface area contributed by atoms with Crippen LogP contribution in [0.4, 0.5) is 14.4 Å². The average Bonchev–Trinajstić information content (AvgIpc) is 3.32. The van der Waals surface area contributed by atoms with E-state index in [1.807, 2.05) is 32.9 Å². The van der Waals surface area contributed by atoms with Crippen molar-refractivity contribution in [2.24, 2.45) is 0 Å². The highest BCUT2D eigenvalue weighted by Gasteiger charge is 2.35. The number of dihydropyridines is 1. The topological polar surface area (TPSA) is 255 Å². The van der Waals surface area contributed by atoms with Crippen LogP contribution in [0.25, 0.3) is 0 Å².